The van der Waals surface area contributed by atoms with E-state index < -0.39 is 0 Å². The summed E-state index contributed by atoms with van der Waals surface area (Å²) in [6, 6.07) is 8.58. The average Bonchev–Trinajstić information content (AvgIpc) is 2.18. The predicted octanol–water partition coefficient (Wildman–Crippen LogP) is 1.93. The lowest BCUT2D eigenvalue weighted by molar-refractivity contribution is 1.23. The third-order valence-electron chi connectivity index (χ3n) is 1.84. The van der Waals surface area contributed by atoms with Crippen LogP contribution in [0, 0.1) is 4.91 Å². The van der Waals surface area contributed by atoms with Gasteiger partial charge in [-0.15, -0.1) is 4.91 Å². The topological polar surface area (TPSA) is 62.3 Å². The van der Waals surface area contributed by atoms with Gasteiger partial charge in [0, 0.05) is 5.39 Å². The molecule has 64 valence electrons. The molecule has 4 nitrogen and oxygen atoms in total. The van der Waals surface area contributed by atoms with Crippen molar-refractivity contribution in [1.82, 2.24) is 4.98 Å². The van der Waals surface area contributed by atoms with Crippen LogP contribution in [0.25, 0.3) is 10.8 Å². The van der Waals surface area contributed by atoms with Gasteiger partial charge in [-0.25, -0.2) is 0 Å². The summed E-state index contributed by atoms with van der Waals surface area (Å²) in [5, 5.41) is 3.96. The lowest BCUT2D eigenvalue weighted by Gasteiger charge is -1.95. The Morgan fingerprint density at radius 1 is 1.23 bits per heavy atom. The summed E-state index contributed by atoms with van der Waals surface area (Å²) in [4.78, 5) is 23.9. The van der Waals surface area contributed by atoms with Crippen LogP contribution in [-0.4, -0.2) is 4.98 Å². The Morgan fingerprint density at radius 2 is 2.00 bits per heavy atom. The van der Waals surface area contributed by atoms with Gasteiger partial charge in [-0.3, -0.25) is 4.79 Å². The van der Waals surface area contributed by atoms with Crippen LogP contribution < -0.4 is 5.56 Å². The minimum atomic E-state index is -0.285. The van der Waals surface area contributed by atoms with Crippen molar-refractivity contribution >= 4 is 16.6 Å². The normalized spacial score (nSPS) is 10.2. The Balaban J connectivity index is 2.92. The van der Waals surface area contributed by atoms with Gasteiger partial charge >= 0.3 is 0 Å². The van der Waals surface area contributed by atoms with Gasteiger partial charge in [0.25, 0.3) is 5.56 Å². The van der Waals surface area contributed by atoms with Crippen LogP contribution in [0.2, 0.25) is 0 Å². The lowest BCUT2D eigenvalue weighted by atomic mass is 10.2. The molecule has 0 spiro atoms. The molecule has 0 unspecified atom stereocenters. The van der Waals surface area contributed by atoms with E-state index in [2.05, 4.69) is 10.2 Å². The number of pyridine rings is 1. The number of nitroso groups, excluding NO2 is 1. The molecule has 1 aromatic heterocycles. The molecule has 1 aromatic carbocycles. The number of fused-ring (bicyclic) bond motifs is 1. The summed E-state index contributed by atoms with van der Waals surface area (Å²) >= 11 is 0. The number of H-pyrrole nitrogens is 1. The molecule has 0 amide bonds. The summed E-state index contributed by atoms with van der Waals surface area (Å²) < 4.78 is 0. The standard InChI is InChI=1S/C9H6N2O2/c12-9-7-4-2-1-3-6(7)5-8(10-9)11-13/h1-5H,(H,10,12). The van der Waals surface area contributed by atoms with Gasteiger partial charge in [0.15, 0.2) is 5.82 Å². The first-order valence-electron chi connectivity index (χ1n) is 3.77. The van der Waals surface area contributed by atoms with Gasteiger partial charge in [0.05, 0.1) is 0 Å². The van der Waals surface area contributed by atoms with Crippen molar-refractivity contribution in [2.75, 3.05) is 0 Å². The van der Waals surface area contributed by atoms with Crippen molar-refractivity contribution in [3.05, 3.63) is 45.6 Å². The fourth-order valence-electron chi connectivity index (χ4n) is 1.25. The minimum Gasteiger partial charge on any atom is -0.304 e. The number of benzene rings is 1. The Morgan fingerprint density at radius 3 is 2.77 bits per heavy atom. The third-order valence-corrected chi connectivity index (χ3v) is 1.84. The van der Waals surface area contributed by atoms with Gasteiger partial charge in [0.2, 0.25) is 0 Å². The zero-order valence-corrected chi connectivity index (χ0v) is 6.65. The highest BCUT2D eigenvalue weighted by Crippen LogP contribution is 2.13. The maximum Gasteiger partial charge on any atom is 0.257 e. The number of aromatic amines is 1. The molecule has 0 saturated heterocycles. The summed E-state index contributed by atoms with van der Waals surface area (Å²) in [7, 11) is 0. The molecule has 1 heterocycles. The first kappa shape index (κ1) is 7.67. The zero-order valence-electron chi connectivity index (χ0n) is 6.65. The van der Waals surface area contributed by atoms with Crippen LogP contribution >= 0.6 is 0 Å². The summed E-state index contributed by atoms with van der Waals surface area (Å²) in [5.74, 6) is 0.0590. The van der Waals surface area contributed by atoms with Gasteiger partial charge in [0.1, 0.15) is 0 Å². The van der Waals surface area contributed by atoms with Crippen LogP contribution in [-0.2, 0) is 0 Å². The molecule has 1 N–H and O–H groups in total. The van der Waals surface area contributed by atoms with E-state index in [1.54, 1.807) is 30.3 Å². The third kappa shape index (κ3) is 1.22. The van der Waals surface area contributed by atoms with E-state index >= 15 is 0 Å². The Kier molecular flexibility index (Phi) is 1.66. The second-order valence-corrected chi connectivity index (χ2v) is 2.66. The van der Waals surface area contributed by atoms with Crippen LogP contribution in [0.4, 0.5) is 5.82 Å². The first-order chi connectivity index (χ1) is 6.31. The molecule has 0 fully saturated rings. The molecule has 4 heteroatoms. The van der Waals surface area contributed by atoms with E-state index in [-0.39, 0.29) is 11.4 Å². The van der Waals surface area contributed by atoms with E-state index in [9.17, 15) is 9.70 Å². The van der Waals surface area contributed by atoms with E-state index in [0.29, 0.717) is 5.39 Å². The van der Waals surface area contributed by atoms with Crippen molar-refractivity contribution in [2.24, 2.45) is 5.18 Å². The van der Waals surface area contributed by atoms with Crippen molar-refractivity contribution in [1.29, 1.82) is 0 Å². The minimum absolute atomic E-state index is 0.0590. The SMILES string of the molecule is O=Nc1cc2ccccc2c(=O)[nH]1. The van der Waals surface area contributed by atoms with Crippen molar-refractivity contribution in [3.63, 3.8) is 0 Å². The monoisotopic (exact) mass is 174 g/mol. The quantitative estimate of drug-likeness (QED) is 0.671. The maximum atomic E-state index is 11.3. The molecular weight excluding hydrogens is 168 g/mol. The predicted molar refractivity (Wildman–Crippen MR) is 50.0 cm³/mol. The van der Waals surface area contributed by atoms with Crippen LogP contribution in [0.5, 0.6) is 0 Å². The highest BCUT2D eigenvalue weighted by atomic mass is 16.3. The molecule has 0 saturated carbocycles. The van der Waals surface area contributed by atoms with E-state index in [0.717, 1.165) is 5.39 Å². The summed E-state index contributed by atoms with van der Waals surface area (Å²) in [6.45, 7) is 0. The fraction of sp³-hybridized carbons (Fsp3) is 0. The summed E-state index contributed by atoms with van der Waals surface area (Å²) in [6.07, 6.45) is 0. The molecule has 0 atom stereocenters. The molecular formula is C9H6N2O2. The first-order valence-corrected chi connectivity index (χ1v) is 3.77. The number of hydrogen-bond acceptors (Lipinski definition) is 3. The van der Waals surface area contributed by atoms with Gasteiger partial charge in [-0.1, -0.05) is 18.2 Å². The average molecular weight is 174 g/mol. The number of aromatic nitrogens is 1. The van der Waals surface area contributed by atoms with E-state index in [4.69, 9.17) is 0 Å². The van der Waals surface area contributed by atoms with Crippen LogP contribution in [0.3, 0.4) is 0 Å². The molecule has 2 rings (SSSR count). The van der Waals surface area contributed by atoms with Crippen molar-refractivity contribution in [2.45, 2.75) is 0 Å². The van der Waals surface area contributed by atoms with E-state index in [1.807, 2.05) is 0 Å². The number of nitrogens with one attached hydrogen (secondary N) is 1. The van der Waals surface area contributed by atoms with E-state index in [1.165, 1.54) is 0 Å². The number of nitrogens with zero attached hydrogens (tertiary/aromatic N) is 1. The van der Waals surface area contributed by atoms with Crippen molar-refractivity contribution in [3.8, 4) is 0 Å². The highest BCUT2D eigenvalue weighted by Gasteiger charge is 1.99. The molecule has 13 heavy (non-hydrogen) atoms. The van der Waals surface area contributed by atoms with Gasteiger partial charge < -0.3 is 4.98 Å². The molecule has 2 aromatic rings. The fourth-order valence-corrected chi connectivity index (χ4v) is 1.25. The molecule has 0 aliphatic carbocycles. The van der Waals surface area contributed by atoms with Gasteiger partial charge in [-0.2, -0.15) is 0 Å². The Bertz CT molecular complexity index is 516. The smallest absolute Gasteiger partial charge is 0.257 e. The van der Waals surface area contributed by atoms with Crippen LogP contribution in [0.15, 0.2) is 40.3 Å². The zero-order chi connectivity index (χ0) is 9.26. The molecule has 0 bridgehead atoms. The second kappa shape index (κ2) is 2.82. The highest BCUT2D eigenvalue weighted by molar-refractivity contribution is 5.83. The largest absolute Gasteiger partial charge is 0.304 e. The second-order valence-electron chi connectivity index (χ2n) is 2.66. The maximum absolute atomic E-state index is 11.3. The molecule has 0 radical (unpaired) electrons. The Labute approximate surface area is 73.2 Å². The number of hydrogen-bond donors (Lipinski definition) is 1. The lowest BCUT2D eigenvalue weighted by Crippen LogP contribution is -2.04. The van der Waals surface area contributed by atoms with Crippen molar-refractivity contribution < 1.29 is 0 Å². The number of rotatable bonds is 1. The van der Waals surface area contributed by atoms with Gasteiger partial charge in [-0.05, 0) is 22.7 Å². The molecule has 0 aliphatic rings. The Hall–Kier alpha value is -1.97. The van der Waals surface area contributed by atoms with Crippen LogP contribution in [0.1, 0.15) is 0 Å². The molecule has 0 aliphatic heterocycles. The summed E-state index contributed by atoms with van der Waals surface area (Å²) in [5.41, 5.74) is -0.285.